The van der Waals surface area contributed by atoms with Crippen LogP contribution in [0.15, 0.2) is 54.6 Å². The number of aromatic nitrogens is 2. The third-order valence-electron chi connectivity index (χ3n) is 4.75. The van der Waals surface area contributed by atoms with Gasteiger partial charge in [-0.3, -0.25) is 4.79 Å². The molecule has 0 saturated carbocycles. The van der Waals surface area contributed by atoms with E-state index in [1.54, 1.807) is 0 Å². The minimum atomic E-state index is -0.116. The Morgan fingerprint density at radius 3 is 2.64 bits per heavy atom. The van der Waals surface area contributed by atoms with Crippen LogP contribution in [0.1, 0.15) is 38.4 Å². The van der Waals surface area contributed by atoms with E-state index in [2.05, 4.69) is 28.9 Å². The summed E-state index contributed by atoms with van der Waals surface area (Å²) in [7, 11) is 0. The van der Waals surface area contributed by atoms with Crippen molar-refractivity contribution in [3.63, 3.8) is 0 Å². The van der Waals surface area contributed by atoms with Crippen LogP contribution in [0.3, 0.4) is 0 Å². The highest BCUT2D eigenvalue weighted by molar-refractivity contribution is 5.77. The van der Waals surface area contributed by atoms with Gasteiger partial charge in [-0.15, -0.1) is 0 Å². The summed E-state index contributed by atoms with van der Waals surface area (Å²) in [6, 6.07) is 17.6. The van der Waals surface area contributed by atoms with Crippen LogP contribution >= 0.6 is 0 Å². The van der Waals surface area contributed by atoms with Crippen molar-refractivity contribution in [2.75, 3.05) is 13.2 Å². The van der Waals surface area contributed by atoms with E-state index in [0.717, 1.165) is 24.3 Å². The normalized spacial score (nSPS) is 10.9. The molecule has 0 aliphatic rings. The highest BCUT2D eigenvalue weighted by Gasteiger charge is 2.11. The first-order valence-corrected chi connectivity index (χ1v) is 10.2. The summed E-state index contributed by atoms with van der Waals surface area (Å²) >= 11 is 0. The number of nitrogens with one attached hydrogen (secondary N) is 1. The van der Waals surface area contributed by atoms with Gasteiger partial charge in [-0.1, -0.05) is 56.5 Å². The number of nitrogens with zero attached hydrogens (tertiary/aromatic N) is 2. The average molecular weight is 380 g/mol. The molecule has 0 aliphatic carbocycles. The van der Waals surface area contributed by atoms with Gasteiger partial charge in [0.15, 0.2) is 6.61 Å². The van der Waals surface area contributed by atoms with E-state index in [1.807, 2.05) is 42.5 Å². The number of ether oxygens (including phenoxy) is 1. The Morgan fingerprint density at radius 1 is 1.04 bits per heavy atom. The molecule has 0 fully saturated rings. The second-order valence-electron chi connectivity index (χ2n) is 6.93. The third-order valence-corrected chi connectivity index (χ3v) is 4.75. The molecule has 0 radical (unpaired) electrons. The topological polar surface area (TPSA) is 56.2 Å². The van der Waals surface area contributed by atoms with Crippen molar-refractivity contribution in [2.24, 2.45) is 0 Å². The summed E-state index contributed by atoms with van der Waals surface area (Å²) in [5.41, 5.74) is 2.19. The zero-order chi connectivity index (χ0) is 19.6. The van der Waals surface area contributed by atoms with E-state index >= 15 is 0 Å². The highest BCUT2D eigenvalue weighted by Crippen LogP contribution is 2.17. The fourth-order valence-electron chi connectivity index (χ4n) is 3.29. The van der Waals surface area contributed by atoms with Gasteiger partial charge in [-0.2, -0.15) is 0 Å². The molecule has 0 aliphatic heterocycles. The van der Waals surface area contributed by atoms with Crippen molar-refractivity contribution in [1.29, 1.82) is 0 Å². The number of hydrogen-bond acceptors (Lipinski definition) is 3. The Kier molecular flexibility index (Phi) is 7.47. The number of fused-ring (bicyclic) bond motifs is 1. The van der Waals surface area contributed by atoms with Crippen molar-refractivity contribution in [2.45, 2.75) is 45.6 Å². The predicted molar refractivity (Wildman–Crippen MR) is 113 cm³/mol. The van der Waals surface area contributed by atoms with Gasteiger partial charge in [0.1, 0.15) is 11.6 Å². The molecular weight excluding hydrogens is 350 g/mol. The SMILES string of the molecule is CCCCCCn1c(CCNC(=O)COc2ccccc2)nc2ccccc21. The second-order valence-corrected chi connectivity index (χ2v) is 6.93. The van der Waals surface area contributed by atoms with Gasteiger partial charge in [0.25, 0.3) is 5.91 Å². The van der Waals surface area contributed by atoms with Crippen molar-refractivity contribution >= 4 is 16.9 Å². The highest BCUT2D eigenvalue weighted by atomic mass is 16.5. The lowest BCUT2D eigenvalue weighted by Crippen LogP contribution is -2.31. The number of benzene rings is 2. The summed E-state index contributed by atoms with van der Waals surface area (Å²) in [5.74, 6) is 1.61. The molecular formula is C23H29N3O2. The summed E-state index contributed by atoms with van der Waals surface area (Å²) in [6.45, 7) is 3.77. The van der Waals surface area contributed by atoms with Crippen molar-refractivity contribution in [1.82, 2.24) is 14.9 Å². The average Bonchev–Trinajstić information content (AvgIpc) is 3.08. The maximum atomic E-state index is 12.0. The minimum absolute atomic E-state index is 0.0252. The lowest BCUT2D eigenvalue weighted by molar-refractivity contribution is -0.123. The maximum Gasteiger partial charge on any atom is 0.257 e. The zero-order valence-corrected chi connectivity index (χ0v) is 16.6. The van der Waals surface area contributed by atoms with E-state index in [4.69, 9.17) is 9.72 Å². The molecule has 2 aromatic carbocycles. The van der Waals surface area contributed by atoms with Crippen LogP contribution in [0, 0.1) is 0 Å². The van der Waals surface area contributed by atoms with E-state index in [-0.39, 0.29) is 12.5 Å². The number of carbonyl (C=O) groups excluding carboxylic acids is 1. The number of amides is 1. The monoisotopic (exact) mass is 379 g/mol. The molecule has 3 aromatic rings. The molecule has 0 saturated heterocycles. The Morgan fingerprint density at radius 2 is 1.82 bits per heavy atom. The summed E-state index contributed by atoms with van der Waals surface area (Å²) in [6.07, 6.45) is 5.59. The van der Waals surface area contributed by atoms with Crippen molar-refractivity contribution < 1.29 is 9.53 Å². The zero-order valence-electron chi connectivity index (χ0n) is 16.6. The van der Waals surface area contributed by atoms with E-state index in [0.29, 0.717) is 18.7 Å². The molecule has 0 bridgehead atoms. The van der Waals surface area contributed by atoms with E-state index in [1.165, 1.54) is 24.8 Å². The van der Waals surface area contributed by atoms with Gasteiger partial charge in [-0.05, 0) is 30.7 Å². The van der Waals surface area contributed by atoms with Gasteiger partial charge in [0, 0.05) is 19.5 Å². The Bertz CT molecular complexity index is 874. The number of aryl methyl sites for hydroxylation is 1. The van der Waals surface area contributed by atoms with Crippen LogP contribution in [-0.4, -0.2) is 28.6 Å². The molecule has 0 spiro atoms. The Balaban J connectivity index is 1.53. The van der Waals surface area contributed by atoms with Gasteiger partial charge in [0.05, 0.1) is 11.0 Å². The molecule has 28 heavy (non-hydrogen) atoms. The van der Waals surface area contributed by atoms with Gasteiger partial charge >= 0.3 is 0 Å². The molecule has 1 heterocycles. The molecule has 0 atom stereocenters. The van der Waals surface area contributed by atoms with E-state index < -0.39 is 0 Å². The fraction of sp³-hybridized carbons (Fsp3) is 0.391. The second kappa shape index (κ2) is 10.5. The van der Waals surface area contributed by atoms with Crippen molar-refractivity contribution in [3.8, 4) is 5.75 Å². The fourth-order valence-corrected chi connectivity index (χ4v) is 3.29. The largest absolute Gasteiger partial charge is 0.484 e. The number of imidazole rings is 1. The third kappa shape index (κ3) is 5.59. The maximum absolute atomic E-state index is 12.0. The molecule has 1 N–H and O–H groups in total. The Labute approximate surface area is 166 Å². The minimum Gasteiger partial charge on any atom is -0.484 e. The summed E-state index contributed by atoms with van der Waals surface area (Å²) in [4.78, 5) is 16.8. The molecule has 5 heteroatoms. The summed E-state index contributed by atoms with van der Waals surface area (Å²) in [5, 5.41) is 2.93. The van der Waals surface area contributed by atoms with Crippen LogP contribution in [0.4, 0.5) is 0 Å². The van der Waals surface area contributed by atoms with Crippen LogP contribution in [0.2, 0.25) is 0 Å². The lowest BCUT2D eigenvalue weighted by Gasteiger charge is -2.10. The van der Waals surface area contributed by atoms with Crippen LogP contribution in [0.25, 0.3) is 11.0 Å². The van der Waals surface area contributed by atoms with Gasteiger partial charge in [-0.25, -0.2) is 4.98 Å². The number of rotatable bonds is 11. The number of hydrogen-bond donors (Lipinski definition) is 1. The van der Waals surface area contributed by atoms with Crippen LogP contribution < -0.4 is 10.1 Å². The molecule has 1 aromatic heterocycles. The Hall–Kier alpha value is -2.82. The van der Waals surface area contributed by atoms with Crippen LogP contribution in [0.5, 0.6) is 5.75 Å². The molecule has 148 valence electrons. The van der Waals surface area contributed by atoms with Crippen molar-refractivity contribution in [3.05, 3.63) is 60.4 Å². The molecule has 3 rings (SSSR count). The molecule has 0 unspecified atom stereocenters. The quantitative estimate of drug-likeness (QED) is 0.504. The predicted octanol–water partition coefficient (Wildman–Crippen LogP) is 4.35. The first-order chi connectivity index (χ1) is 13.8. The standard InChI is InChI=1S/C23H29N3O2/c1-2-3-4-10-17-26-21-14-9-8-13-20(21)25-22(26)15-16-24-23(27)18-28-19-11-6-5-7-12-19/h5-9,11-14H,2-4,10,15-18H2,1H3,(H,24,27). The van der Waals surface area contributed by atoms with Crippen LogP contribution in [-0.2, 0) is 17.8 Å². The molecule has 1 amide bonds. The number of para-hydroxylation sites is 3. The first-order valence-electron chi connectivity index (χ1n) is 10.2. The van der Waals surface area contributed by atoms with E-state index in [9.17, 15) is 4.79 Å². The summed E-state index contributed by atoms with van der Waals surface area (Å²) < 4.78 is 7.79. The number of unbranched alkanes of at least 4 members (excludes halogenated alkanes) is 3. The van der Waals surface area contributed by atoms with Gasteiger partial charge in [0.2, 0.25) is 0 Å². The lowest BCUT2D eigenvalue weighted by atomic mass is 10.2. The first kappa shape index (κ1) is 19.9. The molecule has 5 nitrogen and oxygen atoms in total. The van der Waals surface area contributed by atoms with Gasteiger partial charge < -0.3 is 14.6 Å². The smallest absolute Gasteiger partial charge is 0.257 e. The number of carbonyl (C=O) groups is 1.